The van der Waals surface area contributed by atoms with Gasteiger partial charge in [0.1, 0.15) is 0 Å². The van der Waals surface area contributed by atoms with E-state index < -0.39 is 12.1 Å². The number of nitrogens with one attached hydrogen (secondary N) is 2. The molecule has 3 aromatic rings. The third-order valence-electron chi connectivity index (χ3n) is 6.55. The van der Waals surface area contributed by atoms with Crippen LogP contribution in [0.4, 0.5) is 21.9 Å². The number of carbonyl (C=O) groups excluding carboxylic acids is 2. The molecule has 190 valence electrons. The second-order valence-corrected chi connectivity index (χ2v) is 11.6. The van der Waals surface area contributed by atoms with Gasteiger partial charge in [0.2, 0.25) is 0 Å². The van der Waals surface area contributed by atoms with Gasteiger partial charge >= 0.3 is 6.03 Å². The molecule has 5 rings (SSSR count). The molecule has 2 N–H and O–H groups in total. The molecule has 1 atom stereocenters. The summed E-state index contributed by atoms with van der Waals surface area (Å²) in [6.45, 7) is 4.13. The average molecular weight is 575 g/mol. The zero-order valence-electron chi connectivity index (χ0n) is 20.0. The van der Waals surface area contributed by atoms with Gasteiger partial charge in [0, 0.05) is 23.4 Å². The number of allylic oxidation sites excluding steroid dienone is 1. The van der Waals surface area contributed by atoms with Crippen LogP contribution in [-0.2, 0) is 4.79 Å². The Balaban J connectivity index is 1.72. The van der Waals surface area contributed by atoms with Gasteiger partial charge in [-0.1, -0.05) is 78.5 Å². The van der Waals surface area contributed by atoms with Crippen LogP contribution in [0, 0.1) is 5.41 Å². The first-order chi connectivity index (χ1) is 17.5. The van der Waals surface area contributed by atoms with Crippen molar-refractivity contribution in [2.24, 2.45) is 5.41 Å². The maximum absolute atomic E-state index is 14.0. The van der Waals surface area contributed by atoms with Gasteiger partial charge in [-0.25, -0.2) is 4.79 Å². The van der Waals surface area contributed by atoms with Crippen molar-refractivity contribution in [1.82, 2.24) is 0 Å². The number of hydrogen-bond donors (Lipinski definition) is 2. The minimum atomic E-state index is -0.757. The van der Waals surface area contributed by atoms with E-state index in [0.717, 1.165) is 5.70 Å². The summed E-state index contributed by atoms with van der Waals surface area (Å²) in [5.74, 6) is -0.0324. The maximum atomic E-state index is 14.0. The maximum Gasteiger partial charge on any atom is 0.327 e. The molecule has 0 unspecified atom stereocenters. The zero-order valence-corrected chi connectivity index (χ0v) is 23.1. The number of para-hydroxylation sites is 2. The Morgan fingerprint density at radius 2 is 1.59 bits per heavy atom. The van der Waals surface area contributed by atoms with Crippen LogP contribution in [0.15, 0.2) is 71.9 Å². The molecule has 9 heteroatoms. The summed E-state index contributed by atoms with van der Waals surface area (Å²) in [5.41, 5.74) is 3.53. The Kier molecular flexibility index (Phi) is 6.92. The number of fused-ring (bicyclic) bond motifs is 1. The second kappa shape index (κ2) is 9.88. The number of halogens is 4. The fourth-order valence-electron chi connectivity index (χ4n) is 4.97. The largest absolute Gasteiger partial charge is 0.357 e. The summed E-state index contributed by atoms with van der Waals surface area (Å²) in [7, 11) is 0. The molecule has 1 aliphatic carbocycles. The monoisotopic (exact) mass is 573 g/mol. The predicted octanol–water partition coefficient (Wildman–Crippen LogP) is 9.15. The highest BCUT2D eigenvalue weighted by molar-refractivity contribution is 6.42. The topological polar surface area (TPSA) is 61.4 Å². The van der Waals surface area contributed by atoms with E-state index in [9.17, 15) is 9.59 Å². The van der Waals surface area contributed by atoms with E-state index in [1.165, 1.54) is 0 Å². The Morgan fingerprint density at radius 3 is 2.30 bits per heavy atom. The molecule has 1 aliphatic heterocycles. The van der Waals surface area contributed by atoms with Crippen LogP contribution in [0.2, 0.25) is 20.1 Å². The highest BCUT2D eigenvalue weighted by Gasteiger charge is 2.43. The summed E-state index contributed by atoms with van der Waals surface area (Å²) >= 11 is 24.9. The molecule has 0 radical (unpaired) electrons. The number of carbonyl (C=O) groups is 2. The van der Waals surface area contributed by atoms with E-state index in [2.05, 4.69) is 24.5 Å². The van der Waals surface area contributed by atoms with Crippen LogP contribution < -0.4 is 15.5 Å². The number of Topliss-reactive ketones (excluding diaryl/α,β-unsaturated/α-hetero) is 1. The molecule has 2 aliphatic rings. The second-order valence-electron chi connectivity index (χ2n) is 9.98. The quantitative estimate of drug-likeness (QED) is 0.321. The Hall–Kier alpha value is -2.70. The highest BCUT2D eigenvalue weighted by Crippen LogP contribution is 2.49. The predicted molar refractivity (Wildman–Crippen MR) is 152 cm³/mol. The first-order valence-electron chi connectivity index (χ1n) is 11.7. The molecule has 0 saturated carbocycles. The van der Waals surface area contributed by atoms with Gasteiger partial charge in [-0.3, -0.25) is 9.69 Å². The number of ketones is 1. The van der Waals surface area contributed by atoms with Crippen molar-refractivity contribution in [2.75, 3.05) is 15.5 Å². The first-order valence-corrected chi connectivity index (χ1v) is 13.2. The van der Waals surface area contributed by atoms with Crippen LogP contribution in [0.5, 0.6) is 0 Å². The molecule has 0 spiro atoms. The third kappa shape index (κ3) is 5.06. The highest BCUT2D eigenvalue weighted by atomic mass is 35.5. The van der Waals surface area contributed by atoms with Crippen LogP contribution in [-0.4, -0.2) is 11.8 Å². The summed E-state index contributed by atoms with van der Waals surface area (Å²) < 4.78 is 0. The molecule has 1 heterocycles. The number of rotatable bonds is 2. The lowest BCUT2D eigenvalue weighted by Gasteiger charge is -2.37. The van der Waals surface area contributed by atoms with Crippen molar-refractivity contribution in [1.29, 1.82) is 0 Å². The minimum Gasteiger partial charge on any atom is -0.357 e. The molecule has 0 saturated heterocycles. The molecule has 0 bridgehead atoms. The molecule has 0 fully saturated rings. The van der Waals surface area contributed by atoms with E-state index in [0.29, 0.717) is 61.1 Å². The summed E-state index contributed by atoms with van der Waals surface area (Å²) in [5, 5.41) is 7.81. The van der Waals surface area contributed by atoms with Gasteiger partial charge in [-0.2, -0.15) is 0 Å². The van der Waals surface area contributed by atoms with Gasteiger partial charge in [-0.15, -0.1) is 0 Å². The smallest absolute Gasteiger partial charge is 0.327 e. The third-order valence-corrected chi connectivity index (χ3v) is 8.03. The van der Waals surface area contributed by atoms with Gasteiger partial charge in [-0.05, 0) is 59.9 Å². The molecule has 0 aromatic heterocycles. The number of benzene rings is 3. The Morgan fingerprint density at radius 1 is 0.919 bits per heavy atom. The molecule has 5 nitrogen and oxygen atoms in total. The fourth-order valence-corrected chi connectivity index (χ4v) is 5.57. The van der Waals surface area contributed by atoms with Gasteiger partial charge in [0.15, 0.2) is 5.78 Å². The minimum absolute atomic E-state index is 0.0324. The van der Waals surface area contributed by atoms with Crippen LogP contribution in [0.3, 0.4) is 0 Å². The average Bonchev–Trinajstić information content (AvgIpc) is 2.96. The normalized spacial score (nSPS) is 18.5. The molecule has 3 aromatic carbocycles. The van der Waals surface area contributed by atoms with Crippen molar-refractivity contribution < 1.29 is 9.59 Å². The summed E-state index contributed by atoms with van der Waals surface area (Å²) in [6.07, 6.45) is 0.992. The molecular formula is C28H23Cl4N3O2. The fraction of sp³-hybridized carbons (Fsp3) is 0.214. The van der Waals surface area contributed by atoms with Crippen LogP contribution in [0.25, 0.3) is 0 Å². The van der Waals surface area contributed by atoms with E-state index >= 15 is 0 Å². The van der Waals surface area contributed by atoms with E-state index in [4.69, 9.17) is 46.4 Å². The lowest BCUT2D eigenvalue weighted by atomic mass is 9.73. The number of anilines is 3. The SMILES string of the molecule is CC1(C)CC(=O)C2=C(C1)Nc1ccccc1N(C(=O)Nc1ccc(Cl)c(Cl)c1)[C@H]2c1ccc(Cl)c(Cl)c1. The van der Waals surface area contributed by atoms with E-state index in [1.807, 2.05) is 24.3 Å². The summed E-state index contributed by atoms with van der Waals surface area (Å²) in [4.78, 5) is 29.4. The number of urea groups is 1. The van der Waals surface area contributed by atoms with Gasteiger partial charge < -0.3 is 10.6 Å². The molecule has 2 amide bonds. The summed E-state index contributed by atoms with van der Waals surface area (Å²) in [6, 6.07) is 16.3. The number of amides is 2. The van der Waals surface area contributed by atoms with Crippen LogP contribution in [0.1, 0.15) is 38.3 Å². The zero-order chi connectivity index (χ0) is 26.5. The Bertz CT molecular complexity index is 1470. The van der Waals surface area contributed by atoms with Gasteiger partial charge in [0.05, 0.1) is 37.5 Å². The van der Waals surface area contributed by atoms with Crippen molar-refractivity contribution in [2.45, 2.75) is 32.7 Å². The van der Waals surface area contributed by atoms with Crippen molar-refractivity contribution in [3.8, 4) is 0 Å². The van der Waals surface area contributed by atoms with E-state index in [1.54, 1.807) is 41.3 Å². The van der Waals surface area contributed by atoms with Gasteiger partial charge in [0.25, 0.3) is 0 Å². The molecular weight excluding hydrogens is 552 g/mol. The number of hydrogen-bond acceptors (Lipinski definition) is 3. The lowest BCUT2D eigenvalue weighted by Crippen LogP contribution is -2.41. The van der Waals surface area contributed by atoms with E-state index in [-0.39, 0.29) is 11.2 Å². The standard InChI is InChI=1S/C28H23Cl4N3O2/c1-28(2)13-22-25(24(36)14-28)26(15-7-9-17(29)19(31)11-15)35(23-6-4-3-5-21(23)34-22)27(37)33-16-8-10-18(30)20(32)12-16/h3-12,26,34H,13-14H2,1-2H3,(H,33,37)/t26-/m0/s1. The van der Waals surface area contributed by atoms with Crippen LogP contribution >= 0.6 is 46.4 Å². The van der Waals surface area contributed by atoms with Crippen molar-refractivity contribution >= 4 is 75.3 Å². The first kappa shape index (κ1) is 25.9. The van der Waals surface area contributed by atoms with Crippen molar-refractivity contribution in [3.05, 3.63) is 97.6 Å². The Labute approximate surface area is 235 Å². The molecule has 37 heavy (non-hydrogen) atoms. The lowest BCUT2D eigenvalue weighted by molar-refractivity contribution is -0.118. The number of nitrogens with zero attached hydrogens (tertiary/aromatic N) is 1. The van der Waals surface area contributed by atoms with Crippen molar-refractivity contribution in [3.63, 3.8) is 0 Å².